The molecule has 0 bridgehead atoms. The summed E-state index contributed by atoms with van der Waals surface area (Å²) in [7, 11) is -1.80. The third kappa shape index (κ3) is 9.66. The normalized spacial score (nSPS) is 12.9. The molecular formula is C27H38N2O5Si. The quantitative estimate of drug-likeness (QED) is 0.171. The van der Waals surface area contributed by atoms with E-state index in [9.17, 15) is 14.7 Å². The van der Waals surface area contributed by atoms with Crippen molar-refractivity contribution in [2.75, 3.05) is 6.61 Å². The molecular weight excluding hydrogens is 460 g/mol. The Kier molecular flexibility index (Phi) is 10.7. The summed E-state index contributed by atoms with van der Waals surface area (Å²) >= 11 is 0. The number of phenolic OH excluding ortho intramolecular Hbond substituents is 1. The second-order valence-electron chi connectivity index (χ2n) is 10.1. The van der Waals surface area contributed by atoms with Crippen LogP contribution in [0.5, 0.6) is 5.75 Å². The van der Waals surface area contributed by atoms with Gasteiger partial charge in [0, 0.05) is 17.7 Å². The topological polar surface area (TPSA) is 97.2 Å². The maximum absolute atomic E-state index is 12.5. The van der Waals surface area contributed by atoms with E-state index in [1.54, 1.807) is 54.6 Å². The number of benzene rings is 2. The van der Waals surface area contributed by atoms with Crippen LogP contribution >= 0.6 is 0 Å². The Labute approximate surface area is 209 Å². The van der Waals surface area contributed by atoms with Gasteiger partial charge in [-0.15, -0.1) is 0 Å². The molecule has 7 nitrogen and oxygen atoms in total. The Morgan fingerprint density at radius 3 is 2.37 bits per heavy atom. The molecule has 0 heterocycles. The second-order valence-corrected chi connectivity index (χ2v) is 14.9. The van der Waals surface area contributed by atoms with Crippen LogP contribution in [0.15, 0.2) is 59.8 Å². The number of nitrogens with zero attached hydrogens (tertiary/aromatic N) is 1. The summed E-state index contributed by atoms with van der Waals surface area (Å²) in [4.78, 5) is 30.5. The number of imide groups is 1. The largest absolute Gasteiger partial charge is 0.507 e. The van der Waals surface area contributed by atoms with Crippen molar-refractivity contribution in [1.82, 2.24) is 5.32 Å². The van der Waals surface area contributed by atoms with Crippen LogP contribution in [-0.2, 0) is 14.1 Å². The number of carbonyl (C=O) groups is 2. The van der Waals surface area contributed by atoms with Crippen molar-refractivity contribution in [3.8, 4) is 5.75 Å². The number of carbonyl (C=O) groups excluding carboxylic acids is 2. The smallest absolute Gasteiger partial charge is 0.257 e. The van der Waals surface area contributed by atoms with Gasteiger partial charge < -0.3 is 14.4 Å². The number of phenols is 1. The summed E-state index contributed by atoms with van der Waals surface area (Å²) in [6.45, 7) is 11.7. The standard InChI is InChI=1S/C27H38N2O5Si/c1-27(2,3)35(4,5)33-18-12-11-16-23(34-28-20-22-15-9-10-17-24(22)30)19-25(31)29-26(32)21-13-7-6-8-14-21/h6-10,13-15,17,20,23,30H,11-12,16,18-19H2,1-5H3,(H,29,31,32)/b28-20+/t23-/m0/s1. The molecule has 2 N–H and O–H groups in total. The molecule has 2 rings (SSSR count). The molecule has 1 atom stereocenters. The molecule has 0 saturated heterocycles. The number of aromatic hydroxyl groups is 1. The van der Waals surface area contributed by atoms with E-state index in [4.69, 9.17) is 9.26 Å². The second kappa shape index (κ2) is 13.2. The first-order valence-corrected chi connectivity index (χ1v) is 14.9. The van der Waals surface area contributed by atoms with Crippen molar-refractivity contribution in [2.45, 2.75) is 70.7 Å². The number of nitrogens with one attached hydrogen (secondary N) is 1. The van der Waals surface area contributed by atoms with Crippen molar-refractivity contribution in [1.29, 1.82) is 0 Å². The van der Waals surface area contributed by atoms with E-state index in [0.29, 0.717) is 24.2 Å². The van der Waals surface area contributed by atoms with Crippen molar-refractivity contribution in [2.24, 2.45) is 5.16 Å². The number of oxime groups is 1. The summed E-state index contributed by atoms with van der Waals surface area (Å²) in [6.07, 6.45) is 3.07. The van der Waals surface area contributed by atoms with E-state index in [1.165, 1.54) is 6.21 Å². The van der Waals surface area contributed by atoms with Gasteiger partial charge in [0.05, 0.1) is 12.6 Å². The Morgan fingerprint density at radius 2 is 1.71 bits per heavy atom. The summed E-state index contributed by atoms with van der Waals surface area (Å²) in [6, 6.07) is 15.4. The third-order valence-corrected chi connectivity index (χ3v) is 10.8. The highest BCUT2D eigenvalue weighted by Crippen LogP contribution is 2.36. The summed E-state index contributed by atoms with van der Waals surface area (Å²) in [5.74, 6) is -0.792. The van der Waals surface area contributed by atoms with E-state index < -0.39 is 26.2 Å². The van der Waals surface area contributed by atoms with Crippen molar-refractivity contribution < 1.29 is 24.0 Å². The number of unbranched alkanes of at least 4 members (excludes halogenated alkanes) is 1. The molecule has 0 aliphatic heterocycles. The van der Waals surface area contributed by atoms with Gasteiger partial charge in [0.1, 0.15) is 11.9 Å². The highest BCUT2D eigenvalue weighted by molar-refractivity contribution is 6.74. The van der Waals surface area contributed by atoms with Crippen LogP contribution < -0.4 is 5.32 Å². The maximum Gasteiger partial charge on any atom is 0.257 e. The van der Waals surface area contributed by atoms with Crippen molar-refractivity contribution in [3.63, 3.8) is 0 Å². The first-order valence-electron chi connectivity index (χ1n) is 12.0. The Morgan fingerprint density at radius 1 is 1.06 bits per heavy atom. The molecule has 2 aromatic rings. The lowest BCUT2D eigenvalue weighted by molar-refractivity contribution is -0.123. The van der Waals surface area contributed by atoms with E-state index in [2.05, 4.69) is 44.3 Å². The van der Waals surface area contributed by atoms with Crippen LogP contribution in [0, 0.1) is 0 Å². The van der Waals surface area contributed by atoms with Crippen LogP contribution in [0.25, 0.3) is 0 Å². The molecule has 0 aromatic heterocycles. The molecule has 0 aliphatic rings. The van der Waals surface area contributed by atoms with Crippen molar-refractivity contribution >= 4 is 26.3 Å². The van der Waals surface area contributed by atoms with Crippen LogP contribution in [0.2, 0.25) is 18.1 Å². The predicted octanol–water partition coefficient (Wildman–Crippen LogP) is 5.65. The first-order chi connectivity index (χ1) is 16.5. The number of rotatable bonds is 12. The molecule has 0 saturated carbocycles. The SMILES string of the molecule is CC(C)(C)[Si](C)(C)OCCCC[C@@H](CC(=O)NC(=O)c1ccccc1)O/N=C/c1ccccc1O. The van der Waals surface area contributed by atoms with Crippen LogP contribution in [0.3, 0.4) is 0 Å². The predicted molar refractivity (Wildman–Crippen MR) is 141 cm³/mol. The fraction of sp³-hybridized carbons (Fsp3) is 0.444. The number of para-hydroxylation sites is 1. The first kappa shape index (κ1) is 28.3. The van der Waals surface area contributed by atoms with Crippen molar-refractivity contribution in [3.05, 3.63) is 65.7 Å². The van der Waals surface area contributed by atoms with Gasteiger partial charge in [0.2, 0.25) is 5.91 Å². The Hall–Kier alpha value is -2.97. The fourth-order valence-corrected chi connectivity index (χ4v) is 4.11. The zero-order valence-electron chi connectivity index (χ0n) is 21.4. The average Bonchev–Trinajstić information content (AvgIpc) is 2.79. The molecule has 0 unspecified atom stereocenters. The van der Waals surface area contributed by atoms with E-state index in [1.807, 2.05) is 0 Å². The lowest BCUT2D eigenvalue weighted by Gasteiger charge is -2.36. The zero-order valence-corrected chi connectivity index (χ0v) is 22.4. The molecule has 2 aromatic carbocycles. The zero-order chi connectivity index (χ0) is 25.9. The minimum atomic E-state index is -1.80. The minimum Gasteiger partial charge on any atom is -0.507 e. The Bertz CT molecular complexity index is 987. The molecule has 0 spiro atoms. The van der Waals surface area contributed by atoms with Crippen LogP contribution in [-0.4, -0.2) is 44.2 Å². The van der Waals surface area contributed by atoms with Crippen LogP contribution in [0.4, 0.5) is 0 Å². The van der Waals surface area contributed by atoms with Gasteiger partial charge in [-0.25, -0.2) is 0 Å². The molecule has 0 fully saturated rings. The van der Waals surface area contributed by atoms with E-state index in [0.717, 1.165) is 12.8 Å². The molecule has 2 amide bonds. The highest BCUT2D eigenvalue weighted by Gasteiger charge is 2.36. The highest BCUT2D eigenvalue weighted by atomic mass is 28.4. The maximum atomic E-state index is 12.5. The number of amides is 2. The fourth-order valence-electron chi connectivity index (χ4n) is 3.03. The van der Waals surface area contributed by atoms with Crippen LogP contribution in [0.1, 0.15) is 62.4 Å². The lowest BCUT2D eigenvalue weighted by Crippen LogP contribution is -2.41. The molecule has 35 heavy (non-hydrogen) atoms. The number of hydrogen-bond acceptors (Lipinski definition) is 6. The van der Waals surface area contributed by atoms with Gasteiger partial charge >= 0.3 is 0 Å². The molecule has 190 valence electrons. The van der Waals surface area contributed by atoms with E-state index in [-0.39, 0.29) is 17.2 Å². The van der Waals surface area contributed by atoms with Gasteiger partial charge in [0.15, 0.2) is 8.32 Å². The summed E-state index contributed by atoms with van der Waals surface area (Å²) in [5.41, 5.74) is 0.927. The average molecular weight is 499 g/mol. The van der Waals surface area contributed by atoms with Gasteiger partial charge in [0.25, 0.3) is 5.91 Å². The molecule has 0 aliphatic carbocycles. The van der Waals surface area contributed by atoms with Gasteiger partial charge in [-0.1, -0.05) is 56.3 Å². The molecule has 8 heteroatoms. The minimum absolute atomic E-state index is 0.0141. The van der Waals surface area contributed by atoms with Gasteiger partial charge in [-0.05, 0) is 61.7 Å². The van der Waals surface area contributed by atoms with Gasteiger partial charge in [-0.2, -0.15) is 0 Å². The molecule has 0 radical (unpaired) electrons. The Balaban J connectivity index is 1.93. The monoisotopic (exact) mass is 498 g/mol. The summed E-state index contributed by atoms with van der Waals surface area (Å²) < 4.78 is 6.23. The third-order valence-electron chi connectivity index (χ3n) is 6.23. The van der Waals surface area contributed by atoms with Gasteiger partial charge in [-0.3, -0.25) is 14.9 Å². The lowest BCUT2D eigenvalue weighted by atomic mass is 10.1. The number of hydrogen-bond donors (Lipinski definition) is 2. The summed E-state index contributed by atoms with van der Waals surface area (Å²) in [5, 5.41) is 16.4. The van der Waals surface area contributed by atoms with E-state index >= 15 is 0 Å².